The topological polar surface area (TPSA) is 52.6 Å². The van der Waals surface area contributed by atoms with Crippen LogP contribution in [0.5, 0.6) is 0 Å². The summed E-state index contributed by atoms with van der Waals surface area (Å²) >= 11 is 3.37. The number of rotatable bonds is 5. The number of nitrogens with zero attached hydrogens (tertiary/aromatic N) is 1. The maximum absolute atomic E-state index is 11.7. The van der Waals surface area contributed by atoms with Crippen molar-refractivity contribution in [2.24, 2.45) is 0 Å². The molecule has 1 amide bonds. The SMILES string of the molecule is CN(CC(=O)NC1CC1)c1ccc(Br)cc1CO. The van der Waals surface area contributed by atoms with E-state index in [1.807, 2.05) is 30.1 Å². The van der Waals surface area contributed by atoms with E-state index in [1.54, 1.807) is 0 Å². The first-order valence-electron chi connectivity index (χ1n) is 6.00. The number of nitrogens with one attached hydrogen (secondary N) is 1. The van der Waals surface area contributed by atoms with Crippen LogP contribution in [0.2, 0.25) is 0 Å². The summed E-state index contributed by atoms with van der Waals surface area (Å²) in [6.07, 6.45) is 2.19. The standard InChI is InChI=1S/C13H17BrN2O2/c1-16(7-13(18)15-11-3-4-11)12-5-2-10(14)6-9(12)8-17/h2,5-6,11,17H,3-4,7-8H2,1H3,(H,15,18). The maximum Gasteiger partial charge on any atom is 0.239 e. The summed E-state index contributed by atoms with van der Waals surface area (Å²) < 4.78 is 0.922. The number of hydrogen-bond donors (Lipinski definition) is 2. The van der Waals surface area contributed by atoms with Gasteiger partial charge in [0, 0.05) is 28.8 Å². The van der Waals surface area contributed by atoms with Gasteiger partial charge in [0.15, 0.2) is 0 Å². The van der Waals surface area contributed by atoms with Crippen molar-refractivity contribution in [2.75, 3.05) is 18.5 Å². The number of benzene rings is 1. The summed E-state index contributed by atoms with van der Waals surface area (Å²) in [5, 5.41) is 12.3. The van der Waals surface area contributed by atoms with E-state index in [0.717, 1.165) is 28.6 Å². The fraction of sp³-hybridized carbons (Fsp3) is 0.462. The third-order valence-corrected chi connectivity index (χ3v) is 3.44. The number of anilines is 1. The molecular formula is C13H17BrN2O2. The van der Waals surface area contributed by atoms with Crippen molar-refractivity contribution in [2.45, 2.75) is 25.5 Å². The van der Waals surface area contributed by atoms with Crippen molar-refractivity contribution in [3.8, 4) is 0 Å². The van der Waals surface area contributed by atoms with Crippen molar-refractivity contribution < 1.29 is 9.90 Å². The first-order valence-corrected chi connectivity index (χ1v) is 6.79. The van der Waals surface area contributed by atoms with E-state index < -0.39 is 0 Å². The lowest BCUT2D eigenvalue weighted by atomic mass is 10.1. The highest BCUT2D eigenvalue weighted by molar-refractivity contribution is 9.10. The molecule has 0 spiro atoms. The zero-order chi connectivity index (χ0) is 13.1. The molecular weight excluding hydrogens is 296 g/mol. The molecule has 1 saturated carbocycles. The van der Waals surface area contributed by atoms with E-state index in [0.29, 0.717) is 12.6 Å². The monoisotopic (exact) mass is 312 g/mol. The summed E-state index contributed by atoms with van der Waals surface area (Å²) in [6.45, 7) is 0.272. The van der Waals surface area contributed by atoms with E-state index in [9.17, 15) is 9.90 Å². The number of carbonyl (C=O) groups excluding carboxylic acids is 1. The van der Waals surface area contributed by atoms with Crippen LogP contribution in [0.4, 0.5) is 5.69 Å². The Kier molecular flexibility index (Phi) is 4.24. The number of likely N-dealkylation sites (N-methyl/N-ethyl adjacent to an activating group) is 1. The number of aliphatic hydroxyl groups is 1. The fourth-order valence-electron chi connectivity index (χ4n) is 1.85. The normalized spacial score (nSPS) is 14.4. The summed E-state index contributed by atoms with van der Waals surface area (Å²) in [7, 11) is 1.86. The smallest absolute Gasteiger partial charge is 0.239 e. The zero-order valence-electron chi connectivity index (χ0n) is 10.3. The molecule has 1 aliphatic carbocycles. The van der Waals surface area contributed by atoms with E-state index in [1.165, 1.54) is 0 Å². The van der Waals surface area contributed by atoms with E-state index in [4.69, 9.17) is 0 Å². The summed E-state index contributed by atoms with van der Waals surface area (Å²) in [5.74, 6) is 0.0341. The number of aliphatic hydroxyl groups excluding tert-OH is 1. The molecule has 0 atom stereocenters. The van der Waals surface area contributed by atoms with Gasteiger partial charge >= 0.3 is 0 Å². The van der Waals surface area contributed by atoms with Gasteiger partial charge in [0.05, 0.1) is 13.2 Å². The molecule has 0 saturated heterocycles. The number of halogens is 1. The molecule has 1 aliphatic rings. The number of carbonyl (C=O) groups is 1. The van der Waals surface area contributed by atoms with Gasteiger partial charge in [-0.3, -0.25) is 4.79 Å². The van der Waals surface area contributed by atoms with Crippen molar-refractivity contribution >= 4 is 27.5 Å². The van der Waals surface area contributed by atoms with E-state index in [-0.39, 0.29) is 12.5 Å². The Morgan fingerprint density at radius 3 is 2.89 bits per heavy atom. The Bertz CT molecular complexity index is 447. The summed E-state index contributed by atoms with van der Waals surface area (Å²) in [6, 6.07) is 6.06. The predicted molar refractivity (Wildman–Crippen MR) is 74.5 cm³/mol. The lowest BCUT2D eigenvalue weighted by Gasteiger charge is -2.21. The lowest BCUT2D eigenvalue weighted by molar-refractivity contribution is -0.119. The second-order valence-electron chi connectivity index (χ2n) is 4.63. The highest BCUT2D eigenvalue weighted by Crippen LogP contribution is 2.24. The second kappa shape index (κ2) is 5.71. The Morgan fingerprint density at radius 2 is 2.28 bits per heavy atom. The molecule has 4 nitrogen and oxygen atoms in total. The van der Waals surface area contributed by atoms with Gasteiger partial charge in [0.2, 0.25) is 5.91 Å². The fourth-order valence-corrected chi connectivity index (χ4v) is 2.26. The van der Waals surface area contributed by atoms with Crippen LogP contribution in [-0.4, -0.2) is 30.6 Å². The first kappa shape index (κ1) is 13.4. The predicted octanol–water partition coefficient (Wildman–Crippen LogP) is 1.66. The van der Waals surface area contributed by atoms with Gasteiger partial charge in [-0.05, 0) is 31.0 Å². The van der Waals surface area contributed by atoms with Gasteiger partial charge in [-0.1, -0.05) is 15.9 Å². The first-order chi connectivity index (χ1) is 8.60. The molecule has 18 heavy (non-hydrogen) atoms. The minimum Gasteiger partial charge on any atom is -0.392 e. The molecule has 5 heteroatoms. The Hall–Kier alpha value is -1.07. The largest absolute Gasteiger partial charge is 0.392 e. The quantitative estimate of drug-likeness (QED) is 0.869. The molecule has 0 radical (unpaired) electrons. The number of amides is 1. The minimum absolute atomic E-state index is 0.0341. The van der Waals surface area contributed by atoms with E-state index in [2.05, 4.69) is 21.2 Å². The van der Waals surface area contributed by atoms with Crippen LogP contribution in [0, 0.1) is 0 Å². The Morgan fingerprint density at radius 1 is 1.56 bits per heavy atom. The zero-order valence-corrected chi connectivity index (χ0v) is 11.9. The van der Waals surface area contributed by atoms with Crippen LogP contribution in [0.1, 0.15) is 18.4 Å². The van der Waals surface area contributed by atoms with Crippen LogP contribution in [0.3, 0.4) is 0 Å². The second-order valence-corrected chi connectivity index (χ2v) is 5.54. The van der Waals surface area contributed by atoms with Gasteiger partial charge in [-0.15, -0.1) is 0 Å². The summed E-state index contributed by atoms with van der Waals surface area (Å²) in [5.41, 5.74) is 1.69. The minimum atomic E-state index is -0.0383. The molecule has 1 fully saturated rings. The molecule has 0 aliphatic heterocycles. The third kappa shape index (κ3) is 3.46. The van der Waals surface area contributed by atoms with Crippen molar-refractivity contribution in [3.63, 3.8) is 0 Å². The van der Waals surface area contributed by atoms with E-state index >= 15 is 0 Å². The maximum atomic E-state index is 11.7. The third-order valence-electron chi connectivity index (χ3n) is 2.95. The van der Waals surface area contributed by atoms with Crippen molar-refractivity contribution in [3.05, 3.63) is 28.2 Å². The average molecular weight is 313 g/mol. The van der Waals surface area contributed by atoms with Crippen LogP contribution < -0.4 is 10.2 Å². The molecule has 0 bridgehead atoms. The molecule has 2 rings (SSSR count). The van der Waals surface area contributed by atoms with Gasteiger partial charge in [-0.2, -0.15) is 0 Å². The van der Waals surface area contributed by atoms with Crippen LogP contribution >= 0.6 is 15.9 Å². The highest BCUT2D eigenvalue weighted by atomic mass is 79.9. The van der Waals surface area contributed by atoms with Crippen LogP contribution in [0.25, 0.3) is 0 Å². The van der Waals surface area contributed by atoms with Crippen LogP contribution in [0.15, 0.2) is 22.7 Å². The molecule has 0 unspecified atom stereocenters. The molecule has 1 aromatic rings. The molecule has 1 aromatic carbocycles. The van der Waals surface area contributed by atoms with Crippen molar-refractivity contribution in [1.29, 1.82) is 0 Å². The highest BCUT2D eigenvalue weighted by Gasteiger charge is 2.23. The molecule has 0 heterocycles. The van der Waals surface area contributed by atoms with Gasteiger partial charge in [0.1, 0.15) is 0 Å². The lowest BCUT2D eigenvalue weighted by Crippen LogP contribution is -2.36. The van der Waals surface area contributed by atoms with Crippen molar-refractivity contribution in [1.82, 2.24) is 5.32 Å². The van der Waals surface area contributed by atoms with Gasteiger partial charge in [0.25, 0.3) is 0 Å². The number of hydrogen-bond acceptors (Lipinski definition) is 3. The summed E-state index contributed by atoms with van der Waals surface area (Å²) in [4.78, 5) is 13.6. The van der Waals surface area contributed by atoms with Gasteiger partial charge < -0.3 is 15.3 Å². The average Bonchev–Trinajstić information content (AvgIpc) is 3.12. The van der Waals surface area contributed by atoms with Crippen LogP contribution in [-0.2, 0) is 11.4 Å². The molecule has 98 valence electrons. The van der Waals surface area contributed by atoms with Gasteiger partial charge in [-0.25, -0.2) is 0 Å². The molecule has 0 aromatic heterocycles. The Labute approximate surface area is 115 Å². The Balaban J connectivity index is 2.02. The molecule has 2 N–H and O–H groups in total.